The lowest BCUT2D eigenvalue weighted by Gasteiger charge is -2.27. The van der Waals surface area contributed by atoms with E-state index in [-0.39, 0.29) is 17.2 Å². The normalized spacial score (nSPS) is 17.8. The van der Waals surface area contributed by atoms with Gasteiger partial charge in [0, 0.05) is 6.54 Å². The van der Waals surface area contributed by atoms with Gasteiger partial charge in [-0.1, -0.05) is 47.4 Å². The van der Waals surface area contributed by atoms with Gasteiger partial charge in [-0.05, 0) is 44.2 Å². The Bertz CT molecular complexity index is 703. The molecule has 2 N–H and O–H groups in total. The van der Waals surface area contributed by atoms with Gasteiger partial charge < -0.3 is 10.6 Å². The van der Waals surface area contributed by atoms with E-state index in [1.807, 2.05) is 19.9 Å². The molecule has 3 rings (SSSR count). The Hall–Kier alpha value is -1.60. The van der Waals surface area contributed by atoms with Crippen LogP contribution in [0.1, 0.15) is 43.9 Å². The first-order chi connectivity index (χ1) is 11.7. The molecule has 1 amide bonds. The van der Waals surface area contributed by atoms with Crippen LogP contribution in [0.15, 0.2) is 28.6 Å². The second-order valence-electron chi connectivity index (χ2n) is 5.82. The molecule has 5 nitrogen and oxygen atoms in total. The number of rotatable bonds is 6. The van der Waals surface area contributed by atoms with Crippen molar-refractivity contribution < 1.29 is 4.79 Å². The van der Waals surface area contributed by atoms with Crippen molar-refractivity contribution >= 4 is 34.1 Å². The molecule has 128 valence electrons. The van der Waals surface area contributed by atoms with E-state index in [0.29, 0.717) is 0 Å². The summed E-state index contributed by atoms with van der Waals surface area (Å²) in [6.07, 6.45) is 3.22. The molecule has 24 heavy (non-hydrogen) atoms. The van der Waals surface area contributed by atoms with E-state index in [1.54, 1.807) is 0 Å². The van der Waals surface area contributed by atoms with E-state index >= 15 is 0 Å². The highest BCUT2D eigenvalue weighted by Gasteiger charge is 2.24. The van der Waals surface area contributed by atoms with Crippen molar-refractivity contribution in [3.8, 4) is 0 Å². The van der Waals surface area contributed by atoms with Crippen molar-refractivity contribution in [2.24, 2.45) is 0 Å². The van der Waals surface area contributed by atoms with Gasteiger partial charge in [-0.3, -0.25) is 4.79 Å². The minimum atomic E-state index is -0.193. The molecule has 1 aliphatic carbocycles. The van der Waals surface area contributed by atoms with Gasteiger partial charge in [0.05, 0.1) is 11.3 Å². The number of aromatic nitrogens is 2. The first kappa shape index (κ1) is 17.2. The number of anilines is 1. The SMILES string of the molecule is CCNc1nnc(S[C@H](C)C(=O)N[C@H]2CCCc3ccccc32)s1. The number of thioether (sulfide) groups is 1. The number of carbonyl (C=O) groups excluding carboxylic acids is 1. The molecule has 0 saturated carbocycles. The van der Waals surface area contributed by atoms with Gasteiger partial charge in [-0.2, -0.15) is 0 Å². The smallest absolute Gasteiger partial charge is 0.233 e. The third-order valence-corrected chi connectivity index (χ3v) is 6.13. The number of benzene rings is 1. The zero-order valence-corrected chi connectivity index (χ0v) is 15.5. The molecule has 1 heterocycles. The van der Waals surface area contributed by atoms with Crippen molar-refractivity contribution in [3.05, 3.63) is 35.4 Å². The number of amides is 1. The van der Waals surface area contributed by atoms with Gasteiger partial charge in [-0.15, -0.1) is 10.2 Å². The Morgan fingerprint density at radius 2 is 2.25 bits per heavy atom. The molecule has 0 radical (unpaired) electrons. The Kier molecular flexibility index (Phi) is 5.73. The second-order valence-corrected chi connectivity index (χ2v) is 8.38. The molecule has 0 fully saturated rings. The minimum Gasteiger partial charge on any atom is -0.360 e. The Morgan fingerprint density at radius 1 is 1.42 bits per heavy atom. The Labute approximate surface area is 150 Å². The van der Waals surface area contributed by atoms with E-state index in [1.165, 1.54) is 34.2 Å². The number of nitrogens with zero attached hydrogens (tertiary/aromatic N) is 2. The summed E-state index contributed by atoms with van der Waals surface area (Å²) in [7, 11) is 0. The predicted molar refractivity (Wildman–Crippen MR) is 99.7 cm³/mol. The molecular weight excluding hydrogens is 340 g/mol. The summed E-state index contributed by atoms with van der Waals surface area (Å²) in [6, 6.07) is 8.53. The average molecular weight is 363 g/mol. The maximum Gasteiger partial charge on any atom is 0.233 e. The Balaban J connectivity index is 1.60. The first-order valence-corrected chi connectivity index (χ1v) is 9.99. The van der Waals surface area contributed by atoms with Gasteiger partial charge in [0.25, 0.3) is 0 Å². The van der Waals surface area contributed by atoms with Crippen LogP contribution in [0.3, 0.4) is 0 Å². The van der Waals surface area contributed by atoms with Gasteiger partial charge >= 0.3 is 0 Å². The lowest BCUT2D eigenvalue weighted by atomic mass is 9.88. The van der Waals surface area contributed by atoms with Crippen LogP contribution in [0, 0.1) is 0 Å². The Morgan fingerprint density at radius 3 is 3.08 bits per heavy atom. The number of hydrogen-bond acceptors (Lipinski definition) is 6. The van der Waals surface area contributed by atoms with E-state index < -0.39 is 0 Å². The van der Waals surface area contributed by atoms with Crippen molar-refractivity contribution in [1.82, 2.24) is 15.5 Å². The van der Waals surface area contributed by atoms with E-state index in [0.717, 1.165) is 35.3 Å². The molecular formula is C17H22N4OS2. The number of fused-ring (bicyclic) bond motifs is 1. The largest absolute Gasteiger partial charge is 0.360 e. The maximum absolute atomic E-state index is 12.6. The topological polar surface area (TPSA) is 66.9 Å². The highest BCUT2D eigenvalue weighted by molar-refractivity contribution is 8.02. The summed E-state index contributed by atoms with van der Waals surface area (Å²) in [6.45, 7) is 4.76. The van der Waals surface area contributed by atoms with Gasteiger partial charge in [0.1, 0.15) is 0 Å². The standard InChI is InChI=1S/C17H22N4OS2/c1-3-18-16-20-21-17(24-16)23-11(2)15(22)19-14-10-6-8-12-7-4-5-9-13(12)14/h4-5,7,9,11,14H,3,6,8,10H2,1-2H3,(H,18,20)(H,19,22)/t11-,14+/m1/s1. The second kappa shape index (κ2) is 7.98. The van der Waals surface area contributed by atoms with Crippen LogP contribution >= 0.6 is 23.1 Å². The predicted octanol–water partition coefficient (Wildman–Crippen LogP) is 3.64. The molecule has 7 heteroatoms. The zero-order valence-electron chi connectivity index (χ0n) is 13.9. The highest BCUT2D eigenvalue weighted by atomic mass is 32.2. The lowest BCUT2D eigenvalue weighted by Crippen LogP contribution is -2.35. The van der Waals surface area contributed by atoms with Crippen LogP contribution in [0.5, 0.6) is 0 Å². The van der Waals surface area contributed by atoms with Crippen LogP contribution in [-0.2, 0) is 11.2 Å². The number of aryl methyl sites for hydroxylation is 1. The summed E-state index contributed by atoms with van der Waals surface area (Å²) in [5, 5.41) is 15.2. The van der Waals surface area contributed by atoms with E-state index in [2.05, 4.69) is 39.0 Å². The molecule has 1 aromatic carbocycles. The molecule has 0 spiro atoms. The molecule has 0 bridgehead atoms. The molecule has 0 saturated heterocycles. The summed E-state index contributed by atoms with van der Waals surface area (Å²) in [5.41, 5.74) is 2.62. The molecule has 0 aliphatic heterocycles. The summed E-state index contributed by atoms with van der Waals surface area (Å²) in [4.78, 5) is 12.6. The third-order valence-electron chi connectivity index (χ3n) is 4.07. The summed E-state index contributed by atoms with van der Waals surface area (Å²) >= 11 is 2.95. The van der Waals surface area contributed by atoms with Crippen molar-refractivity contribution in [2.45, 2.75) is 48.7 Å². The average Bonchev–Trinajstić information content (AvgIpc) is 3.02. The van der Waals surface area contributed by atoms with Crippen LogP contribution in [0.25, 0.3) is 0 Å². The van der Waals surface area contributed by atoms with Gasteiger partial charge in [-0.25, -0.2) is 0 Å². The third kappa shape index (κ3) is 4.08. The fraction of sp³-hybridized carbons (Fsp3) is 0.471. The van der Waals surface area contributed by atoms with E-state index in [4.69, 9.17) is 0 Å². The number of nitrogens with one attached hydrogen (secondary N) is 2. The zero-order chi connectivity index (χ0) is 16.9. The molecule has 0 unspecified atom stereocenters. The summed E-state index contributed by atoms with van der Waals surface area (Å²) in [5.74, 6) is 0.0573. The van der Waals surface area contributed by atoms with Crippen LogP contribution in [-0.4, -0.2) is 27.9 Å². The number of hydrogen-bond donors (Lipinski definition) is 2. The van der Waals surface area contributed by atoms with E-state index in [9.17, 15) is 4.79 Å². The minimum absolute atomic E-state index is 0.0573. The lowest BCUT2D eigenvalue weighted by molar-refractivity contribution is -0.121. The quantitative estimate of drug-likeness (QED) is 0.768. The maximum atomic E-state index is 12.6. The fourth-order valence-electron chi connectivity index (χ4n) is 2.88. The van der Waals surface area contributed by atoms with Crippen molar-refractivity contribution in [1.29, 1.82) is 0 Å². The fourth-order valence-corrected chi connectivity index (χ4v) is 4.85. The summed E-state index contributed by atoms with van der Waals surface area (Å²) < 4.78 is 0.817. The van der Waals surface area contributed by atoms with Crippen molar-refractivity contribution in [3.63, 3.8) is 0 Å². The molecule has 1 aromatic heterocycles. The monoisotopic (exact) mass is 362 g/mol. The van der Waals surface area contributed by atoms with Gasteiger partial charge in [0.2, 0.25) is 11.0 Å². The molecule has 2 atom stereocenters. The molecule has 2 aromatic rings. The highest BCUT2D eigenvalue weighted by Crippen LogP contribution is 2.32. The van der Waals surface area contributed by atoms with Crippen molar-refractivity contribution in [2.75, 3.05) is 11.9 Å². The van der Waals surface area contributed by atoms with Gasteiger partial charge in [0.15, 0.2) is 4.34 Å². The molecule has 1 aliphatic rings. The number of carbonyl (C=O) groups is 1. The van der Waals surface area contributed by atoms with Crippen LogP contribution < -0.4 is 10.6 Å². The van der Waals surface area contributed by atoms with Crippen LogP contribution in [0.2, 0.25) is 0 Å². The first-order valence-electron chi connectivity index (χ1n) is 8.29. The van der Waals surface area contributed by atoms with Crippen LogP contribution in [0.4, 0.5) is 5.13 Å².